The molecule has 0 aliphatic carbocycles. The number of anilines is 1. The summed E-state index contributed by atoms with van der Waals surface area (Å²) in [6, 6.07) is 11.9. The average molecular weight is 389 g/mol. The number of rotatable bonds is 5. The van der Waals surface area contributed by atoms with E-state index in [0.29, 0.717) is 11.4 Å². The Morgan fingerprint density at radius 2 is 2.04 bits per heavy atom. The van der Waals surface area contributed by atoms with Gasteiger partial charge < -0.3 is 14.5 Å². The number of hydrogen-bond donors (Lipinski definition) is 1. The zero-order chi connectivity index (χ0) is 17.5. The van der Waals surface area contributed by atoms with E-state index in [4.69, 9.17) is 14.4 Å². The third-order valence-corrected chi connectivity index (χ3v) is 3.46. The fourth-order valence-electron chi connectivity index (χ4n) is 1.71. The van der Waals surface area contributed by atoms with Gasteiger partial charge in [-0.3, -0.25) is 4.79 Å². The van der Waals surface area contributed by atoms with Crippen LogP contribution in [0.3, 0.4) is 0 Å². The maximum atomic E-state index is 12.0. The molecule has 1 N–H and O–H groups in total. The third-order valence-electron chi connectivity index (χ3n) is 2.93. The molecule has 1 heterocycles. The molecule has 6 nitrogen and oxygen atoms in total. The molecule has 1 aromatic carbocycles. The third kappa shape index (κ3) is 4.83. The molecule has 0 unspecified atom stereocenters. The van der Waals surface area contributed by atoms with Crippen molar-refractivity contribution in [2.24, 2.45) is 0 Å². The van der Waals surface area contributed by atoms with Crippen LogP contribution < -0.4 is 5.32 Å². The van der Waals surface area contributed by atoms with Crippen LogP contribution in [0.1, 0.15) is 12.7 Å². The fraction of sp³-hybridized carbons (Fsp3) is 0.118. The molecule has 0 fully saturated rings. The molecule has 0 saturated heterocycles. The Labute approximate surface area is 146 Å². The Bertz CT molecular complexity index is 789. The summed E-state index contributed by atoms with van der Waals surface area (Å²) < 4.78 is 10.9. The van der Waals surface area contributed by atoms with Gasteiger partial charge in [0, 0.05) is 16.2 Å². The number of halogens is 1. The topological polar surface area (TPSA) is 92.3 Å². The molecule has 1 atom stereocenters. The number of carbonyl (C=O) groups excluding carboxylic acids is 2. The minimum Gasteiger partial charge on any atom is -0.465 e. The van der Waals surface area contributed by atoms with Crippen molar-refractivity contribution in [3.63, 3.8) is 0 Å². The predicted octanol–water partition coefficient (Wildman–Crippen LogP) is 3.52. The number of nitrogens with one attached hydrogen (secondary N) is 1. The lowest BCUT2D eigenvalue weighted by atomic mass is 10.2. The number of benzene rings is 1. The zero-order valence-electron chi connectivity index (χ0n) is 12.7. The van der Waals surface area contributed by atoms with Crippen molar-refractivity contribution in [2.45, 2.75) is 13.0 Å². The Morgan fingerprint density at radius 3 is 2.62 bits per heavy atom. The summed E-state index contributed by atoms with van der Waals surface area (Å²) in [4.78, 5) is 24.0. The molecule has 2 rings (SSSR count). The van der Waals surface area contributed by atoms with E-state index < -0.39 is 18.0 Å². The number of furan rings is 1. The van der Waals surface area contributed by atoms with Crippen LogP contribution in [0, 0.1) is 11.3 Å². The number of nitriles is 1. The summed E-state index contributed by atoms with van der Waals surface area (Å²) in [7, 11) is 0. The smallest absolute Gasteiger partial charge is 0.349 e. The molecule has 0 aliphatic heterocycles. The number of ether oxygens (including phenoxy) is 1. The van der Waals surface area contributed by atoms with E-state index in [2.05, 4.69) is 21.2 Å². The standard InChI is InChI=1S/C17H13BrN2O4/c1-11(16(21)20-14-6-4-13(18)5-7-14)24-17(22)12(10-19)9-15-3-2-8-23-15/h2-9,11H,1H3,(H,20,21)/b12-9+/t11-/m0/s1. The highest BCUT2D eigenvalue weighted by Gasteiger charge is 2.21. The van der Waals surface area contributed by atoms with Crippen LogP contribution in [0.5, 0.6) is 0 Å². The first kappa shape index (κ1) is 17.5. The van der Waals surface area contributed by atoms with Gasteiger partial charge in [-0.15, -0.1) is 0 Å². The van der Waals surface area contributed by atoms with Gasteiger partial charge in [-0.25, -0.2) is 4.79 Å². The summed E-state index contributed by atoms with van der Waals surface area (Å²) >= 11 is 3.29. The molecule has 0 aliphatic rings. The van der Waals surface area contributed by atoms with Crippen LogP contribution in [-0.4, -0.2) is 18.0 Å². The highest BCUT2D eigenvalue weighted by Crippen LogP contribution is 2.15. The lowest BCUT2D eigenvalue weighted by Crippen LogP contribution is -2.30. The van der Waals surface area contributed by atoms with Crippen LogP contribution in [0.2, 0.25) is 0 Å². The number of hydrogen-bond acceptors (Lipinski definition) is 5. The number of nitrogens with zero attached hydrogens (tertiary/aromatic N) is 1. The largest absolute Gasteiger partial charge is 0.465 e. The van der Waals surface area contributed by atoms with Gasteiger partial charge in [0.25, 0.3) is 5.91 Å². The Kier molecular flexibility index (Phi) is 5.93. The first-order valence-electron chi connectivity index (χ1n) is 6.92. The summed E-state index contributed by atoms with van der Waals surface area (Å²) in [6.07, 6.45) is 1.61. The molecular formula is C17H13BrN2O4. The van der Waals surface area contributed by atoms with Crippen LogP contribution in [0.25, 0.3) is 6.08 Å². The zero-order valence-corrected chi connectivity index (χ0v) is 14.2. The van der Waals surface area contributed by atoms with Gasteiger partial charge in [0.2, 0.25) is 0 Å². The quantitative estimate of drug-likeness (QED) is 0.480. The second kappa shape index (κ2) is 8.13. The number of amides is 1. The maximum Gasteiger partial charge on any atom is 0.349 e. The lowest BCUT2D eigenvalue weighted by Gasteiger charge is -2.13. The predicted molar refractivity (Wildman–Crippen MR) is 90.6 cm³/mol. The SMILES string of the molecule is C[C@H](OC(=O)/C(C#N)=C/c1ccco1)C(=O)Nc1ccc(Br)cc1. The normalized spacial score (nSPS) is 12.1. The average Bonchev–Trinajstić information content (AvgIpc) is 3.07. The van der Waals surface area contributed by atoms with Crippen molar-refractivity contribution in [3.05, 3.63) is 58.5 Å². The molecular weight excluding hydrogens is 376 g/mol. The van der Waals surface area contributed by atoms with E-state index in [1.807, 2.05) is 0 Å². The van der Waals surface area contributed by atoms with Gasteiger partial charge in [-0.2, -0.15) is 5.26 Å². The highest BCUT2D eigenvalue weighted by atomic mass is 79.9. The van der Waals surface area contributed by atoms with Crippen LogP contribution in [0.15, 0.2) is 57.1 Å². The van der Waals surface area contributed by atoms with Crippen molar-refractivity contribution >= 4 is 39.6 Å². The first-order chi connectivity index (χ1) is 11.5. The molecule has 1 amide bonds. The number of carbonyl (C=O) groups is 2. The molecule has 2 aromatic rings. The number of esters is 1. The molecule has 1 aromatic heterocycles. The van der Waals surface area contributed by atoms with Gasteiger partial charge >= 0.3 is 5.97 Å². The van der Waals surface area contributed by atoms with Gasteiger partial charge in [-0.05, 0) is 43.3 Å². The maximum absolute atomic E-state index is 12.0. The molecule has 122 valence electrons. The van der Waals surface area contributed by atoms with Crippen LogP contribution in [0.4, 0.5) is 5.69 Å². The summed E-state index contributed by atoms with van der Waals surface area (Å²) in [5.41, 5.74) is 0.311. The molecule has 0 bridgehead atoms. The van der Waals surface area contributed by atoms with Gasteiger partial charge in [0.05, 0.1) is 6.26 Å². The minimum absolute atomic E-state index is 0.256. The lowest BCUT2D eigenvalue weighted by molar-refractivity contribution is -0.148. The Morgan fingerprint density at radius 1 is 1.33 bits per heavy atom. The first-order valence-corrected chi connectivity index (χ1v) is 7.71. The van der Waals surface area contributed by atoms with Crippen molar-refractivity contribution in [1.82, 2.24) is 0 Å². The van der Waals surface area contributed by atoms with E-state index in [1.54, 1.807) is 42.5 Å². The summed E-state index contributed by atoms with van der Waals surface area (Å²) in [6.45, 7) is 1.42. The fourth-order valence-corrected chi connectivity index (χ4v) is 1.97. The molecule has 0 spiro atoms. The Hall–Kier alpha value is -2.85. The van der Waals surface area contributed by atoms with Gasteiger partial charge in [0.1, 0.15) is 17.4 Å². The Balaban J connectivity index is 1.98. The van der Waals surface area contributed by atoms with E-state index in [1.165, 1.54) is 19.3 Å². The highest BCUT2D eigenvalue weighted by molar-refractivity contribution is 9.10. The van der Waals surface area contributed by atoms with Crippen molar-refractivity contribution in [1.29, 1.82) is 5.26 Å². The van der Waals surface area contributed by atoms with Crippen LogP contribution >= 0.6 is 15.9 Å². The summed E-state index contributed by atoms with van der Waals surface area (Å²) in [5.74, 6) is -1.05. The van der Waals surface area contributed by atoms with E-state index in [-0.39, 0.29) is 5.57 Å². The van der Waals surface area contributed by atoms with Crippen molar-refractivity contribution < 1.29 is 18.7 Å². The molecule has 24 heavy (non-hydrogen) atoms. The second-order valence-corrected chi connectivity index (χ2v) is 5.64. The monoisotopic (exact) mass is 388 g/mol. The van der Waals surface area contributed by atoms with Gasteiger partial charge in [0.15, 0.2) is 6.10 Å². The van der Waals surface area contributed by atoms with Crippen molar-refractivity contribution in [2.75, 3.05) is 5.32 Å². The van der Waals surface area contributed by atoms with Crippen molar-refractivity contribution in [3.8, 4) is 6.07 Å². The minimum atomic E-state index is -1.06. The summed E-state index contributed by atoms with van der Waals surface area (Å²) in [5, 5.41) is 11.7. The van der Waals surface area contributed by atoms with Crippen LogP contribution in [-0.2, 0) is 14.3 Å². The van der Waals surface area contributed by atoms with E-state index in [9.17, 15) is 9.59 Å². The van der Waals surface area contributed by atoms with Gasteiger partial charge in [-0.1, -0.05) is 15.9 Å². The molecule has 7 heteroatoms. The molecule has 0 radical (unpaired) electrons. The van der Waals surface area contributed by atoms with E-state index >= 15 is 0 Å². The van der Waals surface area contributed by atoms with E-state index in [0.717, 1.165) is 4.47 Å². The second-order valence-electron chi connectivity index (χ2n) is 4.73. The molecule has 0 saturated carbocycles.